The van der Waals surface area contributed by atoms with Gasteiger partial charge >= 0.3 is 0 Å². The van der Waals surface area contributed by atoms with Crippen molar-refractivity contribution >= 4 is 15.9 Å². The van der Waals surface area contributed by atoms with Gasteiger partial charge in [-0.15, -0.1) is 0 Å². The van der Waals surface area contributed by atoms with Crippen LogP contribution in [0.5, 0.6) is 5.75 Å². The van der Waals surface area contributed by atoms with Crippen LogP contribution in [-0.4, -0.2) is 13.2 Å². The summed E-state index contributed by atoms with van der Waals surface area (Å²) in [7, 11) is 0. The van der Waals surface area contributed by atoms with Gasteiger partial charge in [0.15, 0.2) is 0 Å². The standard InChI is InChI=1S/C13H18BrNO/c14-12-5-6-13(16-9-10-3-4-10)11(8-12)2-1-7-15/h5-6,8,10H,1-4,7,9,15H2. The van der Waals surface area contributed by atoms with Crippen LogP contribution in [-0.2, 0) is 6.42 Å². The lowest BCUT2D eigenvalue weighted by Crippen LogP contribution is -2.04. The van der Waals surface area contributed by atoms with Crippen LogP contribution in [0.15, 0.2) is 22.7 Å². The van der Waals surface area contributed by atoms with Crippen molar-refractivity contribution in [3.63, 3.8) is 0 Å². The van der Waals surface area contributed by atoms with Gasteiger partial charge in [0.1, 0.15) is 5.75 Å². The van der Waals surface area contributed by atoms with Gasteiger partial charge in [-0.05, 0) is 61.9 Å². The molecule has 2 rings (SSSR count). The summed E-state index contributed by atoms with van der Waals surface area (Å²) in [5.74, 6) is 1.83. The van der Waals surface area contributed by atoms with E-state index in [1.165, 1.54) is 18.4 Å². The highest BCUT2D eigenvalue weighted by Crippen LogP contribution is 2.31. The molecular formula is C13H18BrNO. The van der Waals surface area contributed by atoms with Crippen LogP contribution in [0.3, 0.4) is 0 Å². The zero-order valence-electron chi connectivity index (χ0n) is 9.42. The Bertz CT molecular complexity index is 350. The average Bonchev–Trinajstić information content (AvgIpc) is 3.09. The van der Waals surface area contributed by atoms with E-state index in [1.54, 1.807) is 0 Å². The number of aryl methyl sites for hydroxylation is 1. The Morgan fingerprint density at radius 1 is 1.38 bits per heavy atom. The molecule has 0 bridgehead atoms. The highest BCUT2D eigenvalue weighted by molar-refractivity contribution is 9.10. The number of benzene rings is 1. The third-order valence-electron chi connectivity index (χ3n) is 2.84. The number of ether oxygens (including phenoxy) is 1. The quantitative estimate of drug-likeness (QED) is 0.871. The second kappa shape index (κ2) is 5.69. The predicted molar refractivity (Wildman–Crippen MR) is 69.7 cm³/mol. The van der Waals surface area contributed by atoms with Gasteiger partial charge < -0.3 is 10.5 Å². The first-order valence-electron chi connectivity index (χ1n) is 5.91. The summed E-state index contributed by atoms with van der Waals surface area (Å²) < 4.78 is 6.96. The van der Waals surface area contributed by atoms with Crippen LogP contribution in [0.4, 0.5) is 0 Å². The summed E-state index contributed by atoms with van der Waals surface area (Å²) in [5, 5.41) is 0. The minimum atomic E-state index is 0.731. The van der Waals surface area contributed by atoms with Crippen molar-refractivity contribution in [1.29, 1.82) is 0 Å². The second-order valence-corrected chi connectivity index (χ2v) is 5.31. The van der Waals surface area contributed by atoms with Crippen LogP contribution in [0.1, 0.15) is 24.8 Å². The van der Waals surface area contributed by atoms with E-state index < -0.39 is 0 Å². The fourth-order valence-electron chi connectivity index (χ4n) is 1.67. The van der Waals surface area contributed by atoms with Crippen molar-refractivity contribution in [3.05, 3.63) is 28.2 Å². The third-order valence-corrected chi connectivity index (χ3v) is 3.34. The van der Waals surface area contributed by atoms with Crippen molar-refractivity contribution < 1.29 is 4.74 Å². The van der Waals surface area contributed by atoms with Crippen LogP contribution in [0.25, 0.3) is 0 Å². The number of rotatable bonds is 6. The molecule has 1 saturated carbocycles. The molecule has 2 nitrogen and oxygen atoms in total. The van der Waals surface area contributed by atoms with Crippen LogP contribution in [0, 0.1) is 5.92 Å². The van der Waals surface area contributed by atoms with E-state index in [4.69, 9.17) is 10.5 Å². The predicted octanol–water partition coefficient (Wildman–Crippen LogP) is 3.13. The lowest BCUT2D eigenvalue weighted by molar-refractivity contribution is 0.296. The molecule has 0 spiro atoms. The molecule has 1 aromatic carbocycles. The maximum absolute atomic E-state index is 5.85. The van der Waals surface area contributed by atoms with E-state index >= 15 is 0 Å². The third kappa shape index (κ3) is 3.49. The van der Waals surface area contributed by atoms with Crippen LogP contribution >= 0.6 is 15.9 Å². The second-order valence-electron chi connectivity index (χ2n) is 4.40. The maximum Gasteiger partial charge on any atom is 0.122 e. The first kappa shape index (κ1) is 11.9. The number of nitrogens with two attached hydrogens (primary N) is 1. The molecule has 0 radical (unpaired) electrons. The molecule has 0 aliphatic heterocycles. The SMILES string of the molecule is NCCCc1cc(Br)ccc1OCC1CC1. The van der Waals surface area contributed by atoms with Gasteiger partial charge in [-0.25, -0.2) is 0 Å². The summed E-state index contributed by atoms with van der Waals surface area (Å²) in [4.78, 5) is 0. The van der Waals surface area contributed by atoms with Crippen molar-refractivity contribution in [2.45, 2.75) is 25.7 Å². The van der Waals surface area contributed by atoms with Gasteiger partial charge in [0.2, 0.25) is 0 Å². The Morgan fingerprint density at radius 2 is 2.19 bits per heavy atom. The van der Waals surface area contributed by atoms with E-state index in [0.29, 0.717) is 0 Å². The van der Waals surface area contributed by atoms with E-state index in [-0.39, 0.29) is 0 Å². The van der Waals surface area contributed by atoms with Crippen molar-refractivity contribution in [3.8, 4) is 5.75 Å². The zero-order chi connectivity index (χ0) is 11.4. The highest BCUT2D eigenvalue weighted by Gasteiger charge is 2.22. The molecular weight excluding hydrogens is 266 g/mol. The van der Waals surface area contributed by atoms with Crippen molar-refractivity contribution in [1.82, 2.24) is 0 Å². The van der Waals surface area contributed by atoms with Crippen molar-refractivity contribution in [2.75, 3.05) is 13.2 Å². The lowest BCUT2D eigenvalue weighted by atomic mass is 10.1. The Kier molecular flexibility index (Phi) is 4.24. The smallest absolute Gasteiger partial charge is 0.122 e. The molecule has 2 N–H and O–H groups in total. The molecule has 0 heterocycles. The molecule has 0 atom stereocenters. The molecule has 1 aliphatic rings. The monoisotopic (exact) mass is 283 g/mol. The van der Waals surface area contributed by atoms with Crippen molar-refractivity contribution in [2.24, 2.45) is 11.7 Å². The number of halogens is 1. The Morgan fingerprint density at radius 3 is 2.88 bits per heavy atom. The van der Waals surface area contributed by atoms with Gasteiger partial charge in [0, 0.05) is 4.47 Å². The molecule has 1 aromatic rings. The van der Waals surface area contributed by atoms with Gasteiger partial charge in [-0.2, -0.15) is 0 Å². The van der Waals surface area contributed by atoms with Gasteiger partial charge in [0.05, 0.1) is 6.61 Å². The summed E-state index contributed by atoms with van der Waals surface area (Å²) >= 11 is 3.49. The fourth-order valence-corrected chi connectivity index (χ4v) is 2.08. The molecule has 16 heavy (non-hydrogen) atoms. The fraction of sp³-hybridized carbons (Fsp3) is 0.538. The van der Waals surface area contributed by atoms with E-state index in [0.717, 1.165) is 42.1 Å². The zero-order valence-corrected chi connectivity index (χ0v) is 11.0. The van der Waals surface area contributed by atoms with Crippen LogP contribution < -0.4 is 10.5 Å². The molecule has 0 unspecified atom stereocenters. The van der Waals surface area contributed by atoms with Gasteiger partial charge in [0.25, 0.3) is 0 Å². The summed E-state index contributed by atoms with van der Waals surface area (Å²) in [6.45, 7) is 1.60. The normalized spacial score (nSPS) is 15.1. The van der Waals surface area contributed by atoms with E-state index in [9.17, 15) is 0 Å². The largest absolute Gasteiger partial charge is 0.493 e. The number of hydrogen-bond donors (Lipinski definition) is 1. The summed E-state index contributed by atoms with van der Waals surface area (Å²) in [6, 6.07) is 6.23. The first-order chi connectivity index (χ1) is 7.79. The highest BCUT2D eigenvalue weighted by atomic mass is 79.9. The molecule has 1 aliphatic carbocycles. The molecule has 88 valence electrons. The minimum Gasteiger partial charge on any atom is -0.493 e. The first-order valence-corrected chi connectivity index (χ1v) is 6.70. The Hall–Kier alpha value is -0.540. The molecule has 1 fully saturated rings. The molecule has 0 amide bonds. The average molecular weight is 284 g/mol. The van der Waals surface area contributed by atoms with Gasteiger partial charge in [-0.3, -0.25) is 0 Å². The van der Waals surface area contributed by atoms with Crippen LogP contribution in [0.2, 0.25) is 0 Å². The Labute approximate surface area is 105 Å². The maximum atomic E-state index is 5.85. The summed E-state index contributed by atoms with van der Waals surface area (Å²) in [6.07, 6.45) is 4.66. The molecule has 0 saturated heterocycles. The Balaban J connectivity index is 2.00. The number of hydrogen-bond acceptors (Lipinski definition) is 2. The lowest BCUT2D eigenvalue weighted by Gasteiger charge is -2.11. The molecule has 0 aromatic heterocycles. The van der Waals surface area contributed by atoms with E-state index in [1.807, 2.05) is 6.07 Å². The molecule has 3 heteroatoms. The van der Waals surface area contributed by atoms with Gasteiger partial charge in [-0.1, -0.05) is 15.9 Å². The topological polar surface area (TPSA) is 35.2 Å². The minimum absolute atomic E-state index is 0.731. The summed E-state index contributed by atoms with van der Waals surface area (Å²) in [5.41, 5.74) is 6.81. The van der Waals surface area contributed by atoms with E-state index in [2.05, 4.69) is 28.1 Å².